The average Bonchev–Trinajstić information content (AvgIpc) is 2.07. The zero-order valence-corrected chi connectivity index (χ0v) is 7.81. The standard InChI is InChI=1S/C8H8Cl2N2/c9-7-4-6(2-1-3-11)5-12-8(7)10/h1-2,4-5H,3,11H2. The molecule has 2 nitrogen and oxygen atoms in total. The Morgan fingerprint density at radius 1 is 1.50 bits per heavy atom. The Bertz CT molecular complexity index is 297. The molecule has 0 aliphatic heterocycles. The molecule has 1 aromatic heterocycles. The molecule has 0 radical (unpaired) electrons. The van der Waals surface area contributed by atoms with Crippen LogP contribution in [0.5, 0.6) is 0 Å². The van der Waals surface area contributed by atoms with Crippen molar-refractivity contribution in [3.05, 3.63) is 34.1 Å². The van der Waals surface area contributed by atoms with Gasteiger partial charge in [-0.1, -0.05) is 35.4 Å². The summed E-state index contributed by atoms with van der Waals surface area (Å²) in [5.74, 6) is 0. The van der Waals surface area contributed by atoms with E-state index in [1.165, 1.54) is 0 Å². The van der Waals surface area contributed by atoms with Crippen molar-refractivity contribution >= 4 is 29.3 Å². The Balaban J connectivity index is 2.89. The largest absolute Gasteiger partial charge is 0.327 e. The third-order valence-corrected chi connectivity index (χ3v) is 1.95. The minimum absolute atomic E-state index is 0.321. The molecule has 64 valence electrons. The molecule has 4 heteroatoms. The van der Waals surface area contributed by atoms with E-state index >= 15 is 0 Å². The summed E-state index contributed by atoms with van der Waals surface area (Å²) in [7, 11) is 0. The molecule has 0 spiro atoms. The van der Waals surface area contributed by atoms with Gasteiger partial charge in [0.25, 0.3) is 0 Å². The third kappa shape index (κ3) is 2.48. The Morgan fingerprint density at radius 3 is 2.83 bits per heavy atom. The van der Waals surface area contributed by atoms with Gasteiger partial charge in [-0.05, 0) is 11.6 Å². The monoisotopic (exact) mass is 202 g/mol. The predicted molar refractivity (Wildman–Crippen MR) is 52.3 cm³/mol. The molecule has 0 fully saturated rings. The normalized spacial score (nSPS) is 10.9. The Morgan fingerprint density at radius 2 is 2.25 bits per heavy atom. The molecule has 0 aromatic carbocycles. The molecular formula is C8H8Cl2N2. The van der Waals surface area contributed by atoms with Crippen LogP contribution in [0, 0.1) is 0 Å². The maximum Gasteiger partial charge on any atom is 0.147 e. The summed E-state index contributed by atoms with van der Waals surface area (Å²) < 4.78 is 0. The summed E-state index contributed by atoms with van der Waals surface area (Å²) in [5, 5.41) is 0.775. The van der Waals surface area contributed by atoms with Crippen LogP contribution in [0.2, 0.25) is 10.2 Å². The van der Waals surface area contributed by atoms with E-state index in [0.29, 0.717) is 16.7 Å². The van der Waals surface area contributed by atoms with Gasteiger partial charge in [-0.25, -0.2) is 4.98 Å². The molecule has 1 rings (SSSR count). The quantitative estimate of drug-likeness (QED) is 0.749. The molecule has 0 aliphatic rings. The highest BCUT2D eigenvalue weighted by Crippen LogP contribution is 2.19. The molecular weight excluding hydrogens is 195 g/mol. The fourth-order valence-corrected chi connectivity index (χ4v) is 1.01. The Kier molecular flexibility index (Phi) is 3.53. The van der Waals surface area contributed by atoms with Crippen LogP contribution in [0.4, 0.5) is 0 Å². The minimum atomic E-state index is 0.321. The first kappa shape index (κ1) is 9.52. The van der Waals surface area contributed by atoms with Crippen LogP contribution in [0.1, 0.15) is 5.56 Å². The lowest BCUT2D eigenvalue weighted by atomic mass is 10.2. The van der Waals surface area contributed by atoms with Gasteiger partial charge in [0.2, 0.25) is 0 Å². The third-order valence-electron chi connectivity index (χ3n) is 1.26. The lowest BCUT2D eigenvalue weighted by molar-refractivity contribution is 1.26. The van der Waals surface area contributed by atoms with Crippen molar-refractivity contribution < 1.29 is 0 Å². The lowest BCUT2D eigenvalue weighted by Crippen LogP contribution is -1.92. The highest BCUT2D eigenvalue weighted by atomic mass is 35.5. The number of halogens is 2. The Labute approximate surface area is 81.0 Å². The SMILES string of the molecule is NCC=Cc1cnc(Cl)c(Cl)c1. The fraction of sp³-hybridized carbons (Fsp3) is 0.125. The van der Waals surface area contributed by atoms with E-state index in [1.807, 2.05) is 12.2 Å². The van der Waals surface area contributed by atoms with E-state index in [1.54, 1.807) is 12.3 Å². The highest BCUT2D eigenvalue weighted by molar-refractivity contribution is 6.41. The van der Waals surface area contributed by atoms with Crippen LogP contribution in [-0.2, 0) is 0 Å². The lowest BCUT2D eigenvalue weighted by Gasteiger charge is -1.95. The van der Waals surface area contributed by atoms with Crippen molar-refractivity contribution in [2.75, 3.05) is 6.54 Å². The van der Waals surface area contributed by atoms with E-state index in [2.05, 4.69) is 4.98 Å². The van der Waals surface area contributed by atoms with Crippen LogP contribution < -0.4 is 5.73 Å². The summed E-state index contributed by atoms with van der Waals surface area (Å²) in [6.07, 6.45) is 5.30. The van der Waals surface area contributed by atoms with Gasteiger partial charge in [0.1, 0.15) is 5.15 Å². The Hall–Kier alpha value is -0.570. The fourth-order valence-electron chi connectivity index (χ4n) is 0.731. The van der Waals surface area contributed by atoms with Gasteiger partial charge in [-0.2, -0.15) is 0 Å². The molecule has 0 atom stereocenters. The highest BCUT2D eigenvalue weighted by Gasteiger charge is 1.97. The molecule has 0 bridgehead atoms. The maximum atomic E-state index is 5.73. The molecule has 12 heavy (non-hydrogen) atoms. The molecule has 0 saturated heterocycles. The first-order valence-electron chi connectivity index (χ1n) is 3.41. The number of hydrogen-bond acceptors (Lipinski definition) is 2. The summed E-state index contributed by atoms with van der Waals surface area (Å²) in [6.45, 7) is 0.500. The van der Waals surface area contributed by atoms with E-state index in [0.717, 1.165) is 5.56 Å². The minimum Gasteiger partial charge on any atom is -0.327 e. The number of rotatable bonds is 2. The molecule has 1 heterocycles. The van der Waals surface area contributed by atoms with Gasteiger partial charge < -0.3 is 5.73 Å². The number of hydrogen-bond donors (Lipinski definition) is 1. The van der Waals surface area contributed by atoms with E-state index < -0.39 is 0 Å². The summed E-state index contributed by atoms with van der Waals surface area (Å²) in [6, 6.07) is 1.74. The number of nitrogens with zero attached hydrogens (tertiary/aromatic N) is 1. The van der Waals surface area contributed by atoms with Crippen LogP contribution in [0.25, 0.3) is 6.08 Å². The molecule has 0 aliphatic carbocycles. The van der Waals surface area contributed by atoms with Crippen LogP contribution in [0.3, 0.4) is 0 Å². The second-order valence-electron chi connectivity index (χ2n) is 2.18. The summed E-state index contributed by atoms with van der Waals surface area (Å²) in [4.78, 5) is 3.87. The van der Waals surface area contributed by atoms with Gasteiger partial charge in [-0.15, -0.1) is 0 Å². The van der Waals surface area contributed by atoms with Gasteiger partial charge in [0, 0.05) is 12.7 Å². The number of nitrogens with two attached hydrogens (primary N) is 1. The first-order valence-corrected chi connectivity index (χ1v) is 4.17. The zero-order valence-electron chi connectivity index (χ0n) is 6.30. The van der Waals surface area contributed by atoms with Gasteiger partial charge in [0.15, 0.2) is 0 Å². The van der Waals surface area contributed by atoms with Crippen molar-refractivity contribution in [3.63, 3.8) is 0 Å². The predicted octanol–water partition coefficient (Wildman–Crippen LogP) is 2.36. The van der Waals surface area contributed by atoms with Gasteiger partial charge in [-0.3, -0.25) is 0 Å². The van der Waals surface area contributed by atoms with Gasteiger partial charge >= 0.3 is 0 Å². The van der Waals surface area contributed by atoms with Crippen LogP contribution >= 0.6 is 23.2 Å². The van der Waals surface area contributed by atoms with Crippen molar-refractivity contribution in [3.8, 4) is 0 Å². The number of aromatic nitrogens is 1. The van der Waals surface area contributed by atoms with Crippen LogP contribution in [0.15, 0.2) is 18.3 Å². The average molecular weight is 203 g/mol. The molecule has 0 amide bonds. The van der Waals surface area contributed by atoms with Gasteiger partial charge in [0.05, 0.1) is 5.02 Å². The smallest absolute Gasteiger partial charge is 0.147 e. The zero-order chi connectivity index (χ0) is 8.97. The molecule has 2 N–H and O–H groups in total. The van der Waals surface area contributed by atoms with Crippen molar-refractivity contribution in [1.29, 1.82) is 0 Å². The van der Waals surface area contributed by atoms with E-state index in [-0.39, 0.29) is 0 Å². The molecule has 0 unspecified atom stereocenters. The first-order chi connectivity index (χ1) is 5.74. The summed E-state index contributed by atoms with van der Waals surface area (Å²) >= 11 is 11.4. The van der Waals surface area contributed by atoms with Crippen molar-refractivity contribution in [2.45, 2.75) is 0 Å². The number of pyridine rings is 1. The van der Waals surface area contributed by atoms with Crippen LogP contribution in [-0.4, -0.2) is 11.5 Å². The summed E-state index contributed by atoms with van der Waals surface area (Å²) in [5.41, 5.74) is 6.18. The van der Waals surface area contributed by atoms with E-state index in [4.69, 9.17) is 28.9 Å². The van der Waals surface area contributed by atoms with Crippen molar-refractivity contribution in [2.24, 2.45) is 5.73 Å². The second-order valence-corrected chi connectivity index (χ2v) is 2.94. The molecule has 0 saturated carbocycles. The van der Waals surface area contributed by atoms with E-state index in [9.17, 15) is 0 Å². The molecule has 1 aromatic rings. The van der Waals surface area contributed by atoms with Crippen molar-refractivity contribution in [1.82, 2.24) is 4.98 Å². The second kappa shape index (κ2) is 4.45. The maximum absolute atomic E-state index is 5.73. The topological polar surface area (TPSA) is 38.9 Å².